The third-order valence-corrected chi connectivity index (χ3v) is 1.65. The number of aldehydes is 1. The summed E-state index contributed by atoms with van der Waals surface area (Å²) in [5, 5.41) is 6.29. The van der Waals surface area contributed by atoms with E-state index in [0.29, 0.717) is 6.29 Å². The molecule has 0 saturated heterocycles. The molecular weight excluding hydrogens is 188 g/mol. The van der Waals surface area contributed by atoms with E-state index in [1.54, 1.807) is 0 Å². The van der Waals surface area contributed by atoms with Gasteiger partial charge in [-0.2, -0.15) is 0 Å². The number of nitrogens with one attached hydrogen (secondary N) is 2. The molecule has 1 rings (SSSR count). The molecule has 0 aliphatic carbocycles. The summed E-state index contributed by atoms with van der Waals surface area (Å²) in [5.74, 6) is -0.254. The maximum atomic E-state index is 11.5. The van der Waals surface area contributed by atoms with Gasteiger partial charge in [-0.05, 0) is 0 Å². The number of likely N-dealkylation sites (N-methyl/N-ethyl adjacent to an activating group) is 1. The van der Waals surface area contributed by atoms with Crippen molar-refractivity contribution >= 4 is 12.2 Å². The molecule has 4 N–H and O–H groups in total. The highest BCUT2D eigenvalue weighted by atomic mass is 16.7. The topological polar surface area (TPSA) is 96.7 Å². The van der Waals surface area contributed by atoms with Gasteiger partial charge in [0.15, 0.2) is 0 Å². The smallest absolute Gasteiger partial charge is 0.297 e. The Morgan fingerprint density at radius 2 is 2.50 bits per heavy atom. The van der Waals surface area contributed by atoms with Crippen LogP contribution in [0, 0.1) is 0 Å². The van der Waals surface area contributed by atoms with Gasteiger partial charge in [0.25, 0.3) is 5.91 Å². The average molecular weight is 200 g/mol. The number of carbonyl (C=O) groups excluding carboxylic acids is 2. The van der Waals surface area contributed by atoms with E-state index >= 15 is 0 Å². The summed E-state index contributed by atoms with van der Waals surface area (Å²) < 4.78 is 0. The lowest BCUT2D eigenvalue weighted by molar-refractivity contribution is -0.173. The van der Waals surface area contributed by atoms with Crippen LogP contribution in [-0.2, 0) is 14.4 Å². The summed E-state index contributed by atoms with van der Waals surface area (Å²) in [7, 11) is 1.46. The Kier molecular flexibility index (Phi) is 3.29. The largest absolute Gasteiger partial charge is 0.384 e. The molecule has 1 aliphatic heterocycles. The maximum absolute atomic E-state index is 11.5. The van der Waals surface area contributed by atoms with Crippen molar-refractivity contribution in [3.05, 3.63) is 11.5 Å². The first-order valence-electron chi connectivity index (χ1n) is 3.99. The van der Waals surface area contributed by atoms with Crippen LogP contribution in [0.1, 0.15) is 0 Å². The summed E-state index contributed by atoms with van der Waals surface area (Å²) in [4.78, 5) is 26.6. The minimum absolute atomic E-state index is 0.0251. The molecule has 78 valence electrons. The predicted molar refractivity (Wildman–Crippen MR) is 47.1 cm³/mol. The van der Waals surface area contributed by atoms with Crippen molar-refractivity contribution in [2.75, 3.05) is 20.3 Å². The summed E-state index contributed by atoms with van der Waals surface area (Å²) in [6, 6.07) is 0. The van der Waals surface area contributed by atoms with Crippen LogP contribution in [0.3, 0.4) is 0 Å². The third kappa shape index (κ3) is 2.13. The molecule has 0 spiro atoms. The molecule has 1 amide bonds. The van der Waals surface area contributed by atoms with E-state index in [1.807, 2.05) is 0 Å². The van der Waals surface area contributed by atoms with E-state index in [-0.39, 0.29) is 24.8 Å². The molecule has 0 radical (unpaired) electrons. The molecule has 0 bridgehead atoms. The normalized spacial score (nSPS) is 17.5. The number of nitrogens with zero attached hydrogens (tertiary/aromatic N) is 1. The standard InChI is InChI=1S/C7H12N4O3/c1-11-7(13)5(9-2-3-12)6(8)10-4-14-11/h3,9-10H,2,4,8H2,1H3. The number of amides is 1. The van der Waals surface area contributed by atoms with Crippen LogP contribution in [-0.4, -0.2) is 37.6 Å². The number of rotatable bonds is 3. The number of hydrogen-bond donors (Lipinski definition) is 3. The molecule has 0 aromatic carbocycles. The van der Waals surface area contributed by atoms with Crippen LogP contribution < -0.4 is 16.4 Å². The van der Waals surface area contributed by atoms with Crippen LogP contribution >= 0.6 is 0 Å². The van der Waals surface area contributed by atoms with Gasteiger partial charge in [0.2, 0.25) is 0 Å². The quantitative estimate of drug-likeness (QED) is 0.450. The predicted octanol–water partition coefficient (Wildman–Crippen LogP) is -2.15. The number of hydroxylamine groups is 2. The summed E-state index contributed by atoms with van der Waals surface area (Å²) in [6.07, 6.45) is 0.638. The number of nitrogens with two attached hydrogens (primary N) is 1. The van der Waals surface area contributed by atoms with Crippen molar-refractivity contribution in [2.24, 2.45) is 5.73 Å². The minimum atomic E-state index is -0.422. The molecule has 0 saturated carbocycles. The van der Waals surface area contributed by atoms with Gasteiger partial charge in [-0.3, -0.25) is 4.79 Å². The number of carbonyl (C=O) groups is 2. The molecule has 7 heteroatoms. The molecule has 0 atom stereocenters. The lowest BCUT2D eigenvalue weighted by Gasteiger charge is -2.14. The Morgan fingerprint density at radius 3 is 3.14 bits per heavy atom. The second kappa shape index (κ2) is 4.47. The first-order valence-corrected chi connectivity index (χ1v) is 3.99. The lowest BCUT2D eigenvalue weighted by Crippen LogP contribution is -2.34. The summed E-state index contributed by atoms with van der Waals surface area (Å²) >= 11 is 0. The van der Waals surface area contributed by atoms with Gasteiger partial charge in [0, 0.05) is 7.05 Å². The average Bonchev–Trinajstić information content (AvgIpc) is 2.27. The maximum Gasteiger partial charge on any atom is 0.297 e. The fourth-order valence-electron chi connectivity index (χ4n) is 0.941. The van der Waals surface area contributed by atoms with Crippen LogP contribution in [0.5, 0.6) is 0 Å². The second-order valence-corrected chi connectivity index (χ2v) is 2.59. The zero-order valence-electron chi connectivity index (χ0n) is 7.74. The van der Waals surface area contributed by atoms with E-state index in [0.717, 1.165) is 5.06 Å². The van der Waals surface area contributed by atoms with E-state index in [2.05, 4.69) is 10.6 Å². The summed E-state index contributed by atoms with van der Waals surface area (Å²) in [5.41, 5.74) is 5.67. The monoisotopic (exact) mass is 200 g/mol. The van der Waals surface area contributed by atoms with Gasteiger partial charge < -0.3 is 21.2 Å². The Balaban J connectivity index is 2.81. The molecule has 0 unspecified atom stereocenters. The van der Waals surface area contributed by atoms with Gasteiger partial charge in [-0.15, -0.1) is 0 Å². The zero-order valence-corrected chi connectivity index (χ0v) is 7.74. The van der Waals surface area contributed by atoms with E-state index in [9.17, 15) is 9.59 Å². The van der Waals surface area contributed by atoms with Crippen LogP contribution in [0.4, 0.5) is 0 Å². The Morgan fingerprint density at radius 1 is 1.79 bits per heavy atom. The third-order valence-electron chi connectivity index (χ3n) is 1.65. The highest BCUT2D eigenvalue weighted by Crippen LogP contribution is 2.02. The van der Waals surface area contributed by atoms with Gasteiger partial charge >= 0.3 is 0 Å². The fourth-order valence-corrected chi connectivity index (χ4v) is 0.941. The van der Waals surface area contributed by atoms with Crippen LogP contribution in [0.2, 0.25) is 0 Å². The fraction of sp³-hybridized carbons (Fsp3) is 0.429. The molecular formula is C7H12N4O3. The van der Waals surface area contributed by atoms with E-state index in [4.69, 9.17) is 10.6 Å². The SMILES string of the molecule is CN1OCNC(N)=C(NCC=O)C1=O. The molecule has 0 aromatic heterocycles. The van der Waals surface area contributed by atoms with Gasteiger partial charge in [-0.1, -0.05) is 0 Å². The Labute approximate surface area is 80.8 Å². The van der Waals surface area contributed by atoms with E-state index in [1.165, 1.54) is 7.05 Å². The molecule has 1 aliphatic rings. The molecule has 7 nitrogen and oxygen atoms in total. The van der Waals surface area contributed by atoms with Crippen molar-refractivity contribution in [2.45, 2.75) is 0 Å². The minimum Gasteiger partial charge on any atom is -0.384 e. The number of hydrogen-bond acceptors (Lipinski definition) is 6. The van der Waals surface area contributed by atoms with Gasteiger partial charge in [0.1, 0.15) is 24.5 Å². The van der Waals surface area contributed by atoms with Crippen molar-refractivity contribution in [1.82, 2.24) is 15.7 Å². The van der Waals surface area contributed by atoms with E-state index < -0.39 is 5.91 Å². The van der Waals surface area contributed by atoms with Crippen LogP contribution in [0.15, 0.2) is 11.5 Å². The first-order chi connectivity index (χ1) is 6.66. The lowest BCUT2D eigenvalue weighted by atomic mass is 10.4. The molecule has 14 heavy (non-hydrogen) atoms. The zero-order chi connectivity index (χ0) is 10.6. The van der Waals surface area contributed by atoms with Crippen molar-refractivity contribution in [1.29, 1.82) is 0 Å². The molecule has 0 fully saturated rings. The Bertz CT molecular complexity index is 276. The van der Waals surface area contributed by atoms with Crippen molar-refractivity contribution in [3.8, 4) is 0 Å². The highest BCUT2D eigenvalue weighted by Gasteiger charge is 2.21. The van der Waals surface area contributed by atoms with Gasteiger partial charge in [0.05, 0.1) is 6.54 Å². The Hall–Kier alpha value is -1.76. The van der Waals surface area contributed by atoms with Crippen LogP contribution in [0.25, 0.3) is 0 Å². The summed E-state index contributed by atoms with van der Waals surface area (Å²) in [6.45, 7) is 0.137. The second-order valence-electron chi connectivity index (χ2n) is 2.59. The van der Waals surface area contributed by atoms with Gasteiger partial charge in [-0.25, -0.2) is 9.90 Å². The highest BCUT2D eigenvalue weighted by molar-refractivity contribution is 5.93. The first kappa shape index (κ1) is 10.3. The molecule has 1 heterocycles. The van der Waals surface area contributed by atoms with Crippen molar-refractivity contribution in [3.63, 3.8) is 0 Å². The molecule has 0 aromatic rings. The van der Waals surface area contributed by atoms with Crippen molar-refractivity contribution < 1.29 is 14.4 Å².